The van der Waals surface area contributed by atoms with E-state index in [4.69, 9.17) is 9.47 Å². The average molecular weight is 501 g/mol. The van der Waals surface area contributed by atoms with Crippen LogP contribution >= 0.6 is 0 Å². The highest BCUT2D eigenvalue weighted by molar-refractivity contribution is 6.46. The third-order valence-electron chi connectivity index (χ3n) is 6.23. The maximum absolute atomic E-state index is 13.3. The molecule has 1 aliphatic heterocycles. The summed E-state index contributed by atoms with van der Waals surface area (Å²) in [5.74, 6) is 0.0145. The molecular formula is C30H32N2O5. The lowest BCUT2D eigenvalue weighted by atomic mass is 9.95. The quantitative estimate of drug-likeness (QED) is 0.224. The van der Waals surface area contributed by atoms with Gasteiger partial charge in [0.05, 0.1) is 24.8 Å². The number of aliphatic hydroxyl groups excluding tert-OH is 1. The van der Waals surface area contributed by atoms with Gasteiger partial charge in [-0.15, -0.1) is 0 Å². The van der Waals surface area contributed by atoms with Crippen molar-refractivity contribution in [3.63, 3.8) is 0 Å². The topological polar surface area (TPSA) is 89.0 Å². The first-order valence-corrected chi connectivity index (χ1v) is 12.5. The second-order valence-electron chi connectivity index (χ2n) is 9.32. The Bertz CT molecular complexity index is 1270. The summed E-state index contributed by atoms with van der Waals surface area (Å²) in [4.78, 5) is 32.1. The second-order valence-corrected chi connectivity index (χ2v) is 9.32. The van der Waals surface area contributed by atoms with E-state index in [0.29, 0.717) is 41.8 Å². The molecule has 4 rings (SSSR count). The molecule has 1 saturated heterocycles. The fourth-order valence-corrected chi connectivity index (χ4v) is 4.31. The summed E-state index contributed by atoms with van der Waals surface area (Å²) in [6, 6.07) is 17.0. The van der Waals surface area contributed by atoms with Crippen molar-refractivity contribution in [3.05, 3.63) is 95.3 Å². The third-order valence-corrected chi connectivity index (χ3v) is 6.23. The molecule has 0 bridgehead atoms. The van der Waals surface area contributed by atoms with Crippen LogP contribution in [-0.4, -0.2) is 39.9 Å². The van der Waals surface area contributed by atoms with Crippen molar-refractivity contribution in [1.82, 2.24) is 9.88 Å². The maximum Gasteiger partial charge on any atom is 0.295 e. The summed E-state index contributed by atoms with van der Waals surface area (Å²) in [6.07, 6.45) is 4.18. The van der Waals surface area contributed by atoms with E-state index in [-0.39, 0.29) is 17.9 Å². The van der Waals surface area contributed by atoms with Gasteiger partial charge in [0, 0.05) is 24.5 Å². The molecule has 1 amide bonds. The summed E-state index contributed by atoms with van der Waals surface area (Å²) in [6.45, 7) is 7.30. The summed E-state index contributed by atoms with van der Waals surface area (Å²) < 4.78 is 11.9. The molecule has 1 N–H and O–H groups in total. The van der Waals surface area contributed by atoms with Crippen molar-refractivity contribution in [1.29, 1.82) is 0 Å². The number of ether oxygens (including phenoxy) is 2. The van der Waals surface area contributed by atoms with Crippen molar-refractivity contribution < 1.29 is 24.2 Å². The summed E-state index contributed by atoms with van der Waals surface area (Å²) in [7, 11) is 0. The van der Waals surface area contributed by atoms with Crippen LogP contribution in [0.15, 0.2) is 78.6 Å². The zero-order valence-corrected chi connectivity index (χ0v) is 21.4. The van der Waals surface area contributed by atoms with Gasteiger partial charge >= 0.3 is 0 Å². The number of hydrogen-bond donors (Lipinski definition) is 1. The minimum Gasteiger partial charge on any atom is -0.507 e. The van der Waals surface area contributed by atoms with E-state index >= 15 is 0 Å². The highest BCUT2D eigenvalue weighted by Crippen LogP contribution is 2.42. The second kappa shape index (κ2) is 11.7. The van der Waals surface area contributed by atoms with Crippen LogP contribution in [0.4, 0.5) is 0 Å². The SMILES string of the molecule is CCOc1cc(C2C(=C(O)c3ccccc3)C(=O)C(=O)N2Cc2ccncc2)ccc1OCCC(C)C. The molecule has 1 atom stereocenters. The van der Waals surface area contributed by atoms with E-state index in [1.165, 1.54) is 4.90 Å². The average Bonchev–Trinajstić information content (AvgIpc) is 3.15. The molecule has 0 aliphatic carbocycles. The van der Waals surface area contributed by atoms with Crippen molar-refractivity contribution in [2.24, 2.45) is 5.92 Å². The number of nitrogens with zero attached hydrogens (tertiary/aromatic N) is 2. The number of Topliss-reactive ketones (excluding diaryl/α,β-unsaturated/α-hetero) is 1. The standard InChI is InChI=1S/C30H32N2O5/c1-4-36-25-18-23(10-11-24(25)37-17-14-20(2)3)27-26(28(33)22-8-6-5-7-9-22)29(34)30(35)32(27)19-21-12-15-31-16-13-21/h5-13,15-16,18,20,27,33H,4,14,17,19H2,1-3H3. The third kappa shape index (κ3) is 5.82. The molecule has 37 heavy (non-hydrogen) atoms. The number of likely N-dealkylation sites (tertiary alicyclic amines) is 1. The number of rotatable bonds is 10. The minimum atomic E-state index is -0.808. The minimum absolute atomic E-state index is 0.0428. The number of amides is 1. The molecule has 7 heteroatoms. The Morgan fingerprint density at radius 1 is 1.00 bits per heavy atom. The van der Waals surface area contributed by atoms with Crippen LogP contribution in [0, 0.1) is 5.92 Å². The molecule has 0 radical (unpaired) electrons. The first kappa shape index (κ1) is 25.9. The monoisotopic (exact) mass is 500 g/mol. The Balaban J connectivity index is 1.81. The van der Waals surface area contributed by atoms with E-state index in [0.717, 1.165) is 12.0 Å². The summed E-state index contributed by atoms with van der Waals surface area (Å²) in [5, 5.41) is 11.2. The molecule has 0 saturated carbocycles. The molecule has 1 aromatic heterocycles. The molecule has 2 heterocycles. The molecule has 1 fully saturated rings. The zero-order valence-electron chi connectivity index (χ0n) is 21.4. The fourth-order valence-electron chi connectivity index (χ4n) is 4.31. The van der Waals surface area contributed by atoms with E-state index in [1.807, 2.05) is 19.1 Å². The molecular weight excluding hydrogens is 468 g/mol. The van der Waals surface area contributed by atoms with E-state index in [9.17, 15) is 14.7 Å². The molecule has 7 nitrogen and oxygen atoms in total. The summed E-state index contributed by atoms with van der Waals surface area (Å²) >= 11 is 0. The van der Waals surface area contributed by atoms with Crippen molar-refractivity contribution in [2.45, 2.75) is 39.8 Å². The Morgan fingerprint density at radius 2 is 1.73 bits per heavy atom. The lowest BCUT2D eigenvalue weighted by Gasteiger charge is -2.26. The van der Waals surface area contributed by atoms with Gasteiger partial charge in [0.1, 0.15) is 5.76 Å². The van der Waals surface area contributed by atoms with Gasteiger partial charge in [-0.3, -0.25) is 14.6 Å². The van der Waals surface area contributed by atoms with Crippen molar-refractivity contribution in [3.8, 4) is 11.5 Å². The van der Waals surface area contributed by atoms with Crippen molar-refractivity contribution in [2.75, 3.05) is 13.2 Å². The molecule has 2 aromatic carbocycles. The fraction of sp³-hybridized carbons (Fsp3) is 0.300. The Hall–Kier alpha value is -4.13. The Labute approximate surface area is 217 Å². The Morgan fingerprint density at radius 3 is 2.41 bits per heavy atom. The van der Waals surface area contributed by atoms with Gasteiger partial charge in [-0.2, -0.15) is 0 Å². The van der Waals surface area contributed by atoms with Crippen molar-refractivity contribution >= 4 is 17.4 Å². The van der Waals surface area contributed by atoms with Gasteiger partial charge in [0.15, 0.2) is 11.5 Å². The molecule has 3 aromatic rings. The van der Waals surface area contributed by atoms with Crippen LogP contribution in [0.2, 0.25) is 0 Å². The number of aromatic nitrogens is 1. The first-order valence-electron chi connectivity index (χ1n) is 12.5. The predicted octanol–water partition coefficient (Wildman–Crippen LogP) is 5.53. The lowest BCUT2D eigenvalue weighted by molar-refractivity contribution is -0.140. The molecule has 192 valence electrons. The van der Waals surface area contributed by atoms with Gasteiger partial charge in [-0.1, -0.05) is 50.2 Å². The molecule has 1 unspecified atom stereocenters. The van der Waals surface area contributed by atoms with Crippen LogP contribution < -0.4 is 9.47 Å². The van der Waals surface area contributed by atoms with Crippen LogP contribution in [0.3, 0.4) is 0 Å². The van der Waals surface area contributed by atoms with Gasteiger partial charge in [-0.05, 0) is 54.7 Å². The molecule has 1 aliphatic rings. The maximum atomic E-state index is 13.3. The van der Waals surface area contributed by atoms with Gasteiger partial charge in [0.2, 0.25) is 0 Å². The van der Waals surface area contributed by atoms with Gasteiger partial charge < -0.3 is 19.5 Å². The summed E-state index contributed by atoms with van der Waals surface area (Å²) in [5.41, 5.74) is 1.97. The number of pyridine rings is 1. The predicted molar refractivity (Wildman–Crippen MR) is 141 cm³/mol. The Kier molecular flexibility index (Phi) is 8.23. The molecule has 0 spiro atoms. The normalized spacial score (nSPS) is 16.9. The van der Waals surface area contributed by atoms with Crippen LogP contribution in [0.1, 0.15) is 49.9 Å². The number of aliphatic hydroxyl groups is 1. The lowest BCUT2D eigenvalue weighted by Crippen LogP contribution is -2.29. The number of carbonyl (C=O) groups excluding carboxylic acids is 2. The van der Waals surface area contributed by atoms with E-state index in [2.05, 4.69) is 18.8 Å². The smallest absolute Gasteiger partial charge is 0.295 e. The van der Waals surface area contributed by atoms with Crippen LogP contribution in [0.25, 0.3) is 5.76 Å². The van der Waals surface area contributed by atoms with E-state index in [1.54, 1.807) is 60.9 Å². The van der Waals surface area contributed by atoms with E-state index < -0.39 is 17.7 Å². The number of carbonyl (C=O) groups is 2. The van der Waals surface area contributed by atoms with Crippen LogP contribution in [-0.2, 0) is 16.1 Å². The van der Waals surface area contributed by atoms with Gasteiger partial charge in [-0.25, -0.2) is 0 Å². The van der Waals surface area contributed by atoms with Gasteiger partial charge in [0.25, 0.3) is 11.7 Å². The largest absolute Gasteiger partial charge is 0.507 e. The number of benzene rings is 2. The highest BCUT2D eigenvalue weighted by Gasteiger charge is 2.46. The number of hydrogen-bond acceptors (Lipinski definition) is 6. The zero-order chi connectivity index (χ0) is 26.4. The first-order chi connectivity index (χ1) is 17.9. The highest BCUT2D eigenvalue weighted by atomic mass is 16.5. The van der Waals surface area contributed by atoms with Crippen LogP contribution in [0.5, 0.6) is 11.5 Å². The number of ketones is 1.